The number of ether oxygens (including phenoxy) is 2. The zero-order chi connectivity index (χ0) is 30.1. The van der Waals surface area contributed by atoms with Crippen molar-refractivity contribution in [3.05, 3.63) is 102 Å². The SMILES string of the molecule is CCCc1nc2cc(-c3nc4ccccc4n3C)ccc2n1Cc1ccc(-c2ccccc2OC(=O)OC(C)(C)C)cc1. The quantitative estimate of drug-likeness (QED) is 0.142. The van der Waals surface area contributed by atoms with Crippen LogP contribution in [0, 0.1) is 0 Å². The van der Waals surface area contributed by atoms with E-state index in [1.54, 1.807) is 6.07 Å². The molecule has 0 aliphatic rings. The molecule has 0 amide bonds. The molecule has 6 aromatic rings. The highest BCUT2D eigenvalue weighted by Crippen LogP contribution is 2.32. The molecular formula is C36H36N4O3. The van der Waals surface area contributed by atoms with Crippen LogP contribution in [0.25, 0.3) is 44.6 Å². The maximum Gasteiger partial charge on any atom is 0.514 e. The van der Waals surface area contributed by atoms with E-state index in [-0.39, 0.29) is 0 Å². The van der Waals surface area contributed by atoms with Crippen LogP contribution in [0.5, 0.6) is 5.75 Å². The molecule has 2 aromatic heterocycles. The number of rotatable bonds is 7. The van der Waals surface area contributed by atoms with Crippen LogP contribution in [0.4, 0.5) is 4.79 Å². The fraction of sp³-hybridized carbons (Fsp3) is 0.250. The van der Waals surface area contributed by atoms with Gasteiger partial charge in [-0.25, -0.2) is 14.8 Å². The van der Waals surface area contributed by atoms with Gasteiger partial charge in [0.25, 0.3) is 0 Å². The summed E-state index contributed by atoms with van der Waals surface area (Å²) in [6.45, 7) is 8.33. The molecule has 0 saturated heterocycles. The zero-order valence-corrected chi connectivity index (χ0v) is 25.3. The third-order valence-corrected chi connectivity index (χ3v) is 7.42. The van der Waals surface area contributed by atoms with E-state index < -0.39 is 11.8 Å². The molecule has 0 aliphatic heterocycles. The van der Waals surface area contributed by atoms with Gasteiger partial charge in [-0.05, 0) is 74.7 Å². The molecule has 7 heteroatoms. The summed E-state index contributed by atoms with van der Waals surface area (Å²) in [4.78, 5) is 22.3. The van der Waals surface area contributed by atoms with Gasteiger partial charge >= 0.3 is 6.16 Å². The van der Waals surface area contributed by atoms with E-state index >= 15 is 0 Å². The maximum absolute atomic E-state index is 12.3. The molecule has 6 rings (SSSR count). The molecule has 43 heavy (non-hydrogen) atoms. The molecule has 0 N–H and O–H groups in total. The summed E-state index contributed by atoms with van der Waals surface area (Å²) in [5.74, 6) is 2.47. The normalized spacial score (nSPS) is 11.7. The number of benzene rings is 4. The number of hydrogen-bond acceptors (Lipinski definition) is 5. The summed E-state index contributed by atoms with van der Waals surface area (Å²) in [7, 11) is 2.06. The van der Waals surface area contributed by atoms with Gasteiger partial charge in [0, 0.05) is 31.1 Å². The van der Waals surface area contributed by atoms with Gasteiger partial charge in [-0.3, -0.25) is 0 Å². The Labute approximate surface area is 251 Å². The molecule has 0 unspecified atom stereocenters. The lowest BCUT2D eigenvalue weighted by molar-refractivity contribution is 0.0207. The third-order valence-electron chi connectivity index (χ3n) is 7.42. The molecule has 7 nitrogen and oxygen atoms in total. The Bertz CT molecular complexity index is 1930. The lowest BCUT2D eigenvalue weighted by Gasteiger charge is -2.19. The Morgan fingerprint density at radius 3 is 2.28 bits per heavy atom. The van der Waals surface area contributed by atoms with Crippen LogP contribution < -0.4 is 4.74 Å². The second kappa shape index (κ2) is 11.4. The Hall–Kier alpha value is -4.91. The summed E-state index contributed by atoms with van der Waals surface area (Å²) in [6.07, 6.45) is 1.18. The first-order valence-electron chi connectivity index (χ1n) is 14.7. The number of imidazole rings is 2. The van der Waals surface area contributed by atoms with Crippen molar-refractivity contribution in [1.29, 1.82) is 0 Å². The van der Waals surface area contributed by atoms with Crippen molar-refractivity contribution in [2.24, 2.45) is 7.05 Å². The van der Waals surface area contributed by atoms with Gasteiger partial charge in [0.15, 0.2) is 0 Å². The maximum atomic E-state index is 12.3. The third kappa shape index (κ3) is 5.89. The van der Waals surface area contributed by atoms with Gasteiger partial charge in [-0.1, -0.05) is 61.5 Å². The number of carbonyl (C=O) groups excluding carboxylic acids is 1. The van der Waals surface area contributed by atoms with Crippen molar-refractivity contribution in [3.8, 4) is 28.3 Å². The van der Waals surface area contributed by atoms with Gasteiger partial charge < -0.3 is 18.6 Å². The van der Waals surface area contributed by atoms with Crippen molar-refractivity contribution in [2.75, 3.05) is 0 Å². The predicted octanol–water partition coefficient (Wildman–Crippen LogP) is 8.57. The Morgan fingerprint density at radius 1 is 0.814 bits per heavy atom. The van der Waals surface area contributed by atoms with E-state index in [1.807, 2.05) is 57.2 Å². The number of nitrogens with zero attached hydrogens (tertiary/aromatic N) is 4. The van der Waals surface area contributed by atoms with Crippen LogP contribution in [0.1, 0.15) is 45.5 Å². The fourth-order valence-corrected chi connectivity index (χ4v) is 5.44. The summed E-state index contributed by atoms with van der Waals surface area (Å²) in [5.41, 5.74) is 7.53. The van der Waals surface area contributed by atoms with Crippen molar-refractivity contribution >= 4 is 28.2 Å². The number of hydrogen-bond donors (Lipinski definition) is 0. The van der Waals surface area contributed by atoms with E-state index in [9.17, 15) is 4.79 Å². The van der Waals surface area contributed by atoms with E-state index in [0.717, 1.165) is 68.8 Å². The first kappa shape index (κ1) is 28.2. The fourth-order valence-electron chi connectivity index (χ4n) is 5.44. The molecular weight excluding hydrogens is 536 g/mol. The molecule has 0 fully saturated rings. The minimum absolute atomic E-state index is 0.465. The van der Waals surface area contributed by atoms with Crippen molar-refractivity contribution in [2.45, 2.75) is 52.7 Å². The molecule has 4 aromatic carbocycles. The average molecular weight is 573 g/mol. The van der Waals surface area contributed by atoms with Gasteiger partial charge in [0.2, 0.25) is 0 Å². The van der Waals surface area contributed by atoms with Crippen LogP contribution in [0.15, 0.2) is 91.0 Å². The number of fused-ring (bicyclic) bond motifs is 2. The van der Waals surface area contributed by atoms with Crippen LogP contribution in [0.2, 0.25) is 0 Å². The zero-order valence-electron chi connectivity index (χ0n) is 25.3. The Morgan fingerprint density at radius 2 is 1.53 bits per heavy atom. The van der Waals surface area contributed by atoms with Gasteiger partial charge in [0.05, 0.1) is 22.1 Å². The highest BCUT2D eigenvalue weighted by molar-refractivity contribution is 5.85. The highest BCUT2D eigenvalue weighted by Gasteiger charge is 2.20. The molecule has 218 valence electrons. The molecule has 0 saturated carbocycles. The molecule has 0 spiro atoms. The van der Waals surface area contributed by atoms with E-state index in [4.69, 9.17) is 19.4 Å². The van der Waals surface area contributed by atoms with E-state index in [1.165, 1.54) is 0 Å². The topological polar surface area (TPSA) is 71.2 Å². The summed E-state index contributed by atoms with van der Waals surface area (Å²) in [5, 5.41) is 0. The second-order valence-corrected chi connectivity index (χ2v) is 11.8. The Kier molecular flexibility index (Phi) is 7.48. The van der Waals surface area contributed by atoms with Gasteiger partial charge in [-0.2, -0.15) is 0 Å². The number of aromatic nitrogens is 4. The predicted molar refractivity (Wildman–Crippen MR) is 171 cm³/mol. The van der Waals surface area contributed by atoms with E-state index in [2.05, 4.69) is 71.6 Å². The minimum Gasteiger partial charge on any atom is -0.428 e. The lowest BCUT2D eigenvalue weighted by atomic mass is 10.0. The van der Waals surface area contributed by atoms with Gasteiger partial charge in [-0.15, -0.1) is 0 Å². The largest absolute Gasteiger partial charge is 0.514 e. The molecule has 0 atom stereocenters. The monoisotopic (exact) mass is 572 g/mol. The first-order chi connectivity index (χ1) is 20.7. The van der Waals surface area contributed by atoms with Gasteiger partial charge in [0.1, 0.15) is 23.0 Å². The first-order valence-corrected chi connectivity index (χ1v) is 14.7. The number of carbonyl (C=O) groups is 1. The summed E-state index contributed by atoms with van der Waals surface area (Å²) < 4.78 is 15.4. The van der Waals surface area contributed by atoms with Crippen LogP contribution in [-0.4, -0.2) is 30.9 Å². The molecule has 2 heterocycles. The van der Waals surface area contributed by atoms with Crippen LogP contribution in [-0.2, 0) is 24.8 Å². The highest BCUT2D eigenvalue weighted by atomic mass is 16.7. The van der Waals surface area contributed by atoms with Crippen LogP contribution in [0.3, 0.4) is 0 Å². The van der Waals surface area contributed by atoms with Crippen molar-refractivity contribution in [1.82, 2.24) is 19.1 Å². The van der Waals surface area contributed by atoms with Crippen LogP contribution >= 0.6 is 0 Å². The standard InChI is InChI=1S/C36H36N4O3/c1-6-11-33-37-29-22-26(34-38-28-13-8-9-14-30(28)39(34)5)20-21-31(29)40(33)23-24-16-18-25(19-17-24)27-12-7-10-15-32(27)42-35(41)43-36(2,3)4/h7-10,12-22H,6,11,23H2,1-5H3. The lowest BCUT2D eigenvalue weighted by Crippen LogP contribution is -2.26. The number of para-hydroxylation sites is 3. The summed E-state index contributed by atoms with van der Waals surface area (Å²) >= 11 is 0. The minimum atomic E-state index is -0.716. The van der Waals surface area contributed by atoms with E-state index in [0.29, 0.717) is 12.3 Å². The molecule has 0 radical (unpaired) electrons. The average Bonchev–Trinajstić information content (AvgIpc) is 3.49. The second-order valence-electron chi connectivity index (χ2n) is 11.8. The van der Waals surface area contributed by atoms with Crippen molar-refractivity contribution in [3.63, 3.8) is 0 Å². The van der Waals surface area contributed by atoms with Crippen molar-refractivity contribution < 1.29 is 14.3 Å². The summed E-state index contributed by atoms with van der Waals surface area (Å²) in [6, 6.07) is 30.5. The number of aryl methyl sites for hydroxylation is 2. The smallest absolute Gasteiger partial charge is 0.428 e. The Balaban J connectivity index is 1.28. The molecule has 0 aliphatic carbocycles. The molecule has 0 bridgehead atoms.